The van der Waals surface area contributed by atoms with Crippen LogP contribution in [0.15, 0.2) is 22.8 Å². The smallest absolute Gasteiger partial charge is 0.186 e. The molecule has 1 unspecified atom stereocenters. The van der Waals surface area contributed by atoms with Crippen molar-refractivity contribution >= 4 is 16.5 Å². The van der Waals surface area contributed by atoms with Gasteiger partial charge >= 0.3 is 0 Å². The molecule has 0 aliphatic rings. The third-order valence-corrected chi connectivity index (χ3v) is 4.23. The van der Waals surface area contributed by atoms with E-state index < -0.39 is 0 Å². The van der Waals surface area contributed by atoms with Crippen LogP contribution in [-0.2, 0) is 6.54 Å². The van der Waals surface area contributed by atoms with Gasteiger partial charge in [0, 0.05) is 17.5 Å². The lowest BCUT2D eigenvalue weighted by Gasteiger charge is -2.18. The highest BCUT2D eigenvalue weighted by Gasteiger charge is 2.16. The van der Waals surface area contributed by atoms with Gasteiger partial charge in [-0.3, -0.25) is 0 Å². The van der Waals surface area contributed by atoms with E-state index in [0.717, 1.165) is 34.6 Å². The van der Waals surface area contributed by atoms with Crippen LogP contribution in [0, 0.1) is 6.92 Å². The number of hydrogen-bond acceptors (Lipinski definition) is 5. The Morgan fingerprint density at radius 3 is 2.83 bits per heavy atom. The Bertz CT molecular complexity index is 490. The molecule has 0 saturated heterocycles. The van der Waals surface area contributed by atoms with Gasteiger partial charge in [0.05, 0.1) is 18.5 Å². The first-order valence-electron chi connectivity index (χ1n) is 6.12. The maximum atomic E-state index is 5.94. The highest BCUT2D eigenvalue weighted by molar-refractivity contribution is 7.15. The highest BCUT2D eigenvalue weighted by Crippen LogP contribution is 2.30. The summed E-state index contributed by atoms with van der Waals surface area (Å²) in [5.74, 6) is 0.951. The molecule has 0 aromatic carbocycles. The molecule has 0 aliphatic heterocycles. The molecule has 0 spiro atoms. The van der Waals surface area contributed by atoms with Crippen molar-refractivity contribution < 1.29 is 4.42 Å². The van der Waals surface area contributed by atoms with E-state index >= 15 is 0 Å². The zero-order valence-corrected chi connectivity index (χ0v) is 11.8. The molecule has 2 rings (SSSR count). The third-order valence-electron chi connectivity index (χ3n) is 2.81. The molecule has 0 aliphatic carbocycles. The summed E-state index contributed by atoms with van der Waals surface area (Å²) in [5, 5.41) is 1.01. The van der Waals surface area contributed by atoms with Gasteiger partial charge in [0.15, 0.2) is 5.13 Å². The summed E-state index contributed by atoms with van der Waals surface area (Å²) < 4.78 is 5.38. The summed E-state index contributed by atoms with van der Waals surface area (Å²) in [6.45, 7) is 7.76. The Balaban J connectivity index is 2.19. The van der Waals surface area contributed by atoms with Crippen molar-refractivity contribution in [1.82, 2.24) is 4.98 Å². The molecule has 0 amide bonds. The van der Waals surface area contributed by atoms with E-state index in [1.807, 2.05) is 26.0 Å². The van der Waals surface area contributed by atoms with E-state index in [1.165, 1.54) is 0 Å². The second-order valence-electron chi connectivity index (χ2n) is 4.33. The van der Waals surface area contributed by atoms with Crippen molar-refractivity contribution in [2.24, 2.45) is 5.73 Å². The van der Waals surface area contributed by atoms with Crippen LogP contribution in [0.25, 0.3) is 0 Å². The number of aromatic nitrogens is 1. The molecule has 18 heavy (non-hydrogen) atoms. The largest absolute Gasteiger partial charge is 0.467 e. The summed E-state index contributed by atoms with van der Waals surface area (Å²) in [7, 11) is 0. The zero-order valence-electron chi connectivity index (χ0n) is 11.0. The Kier molecular flexibility index (Phi) is 4.04. The van der Waals surface area contributed by atoms with E-state index in [9.17, 15) is 0 Å². The number of rotatable bonds is 5. The van der Waals surface area contributed by atoms with Gasteiger partial charge in [-0.15, -0.1) is 11.3 Å². The summed E-state index contributed by atoms with van der Waals surface area (Å²) >= 11 is 1.67. The van der Waals surface area contributed by atoms with Gasteiger partial charge < -0.3 is 15.1 Å². The van der Waals surface area contributed by atoms with Crippen molar-refractivity contribution in [2.75, 3.05) is 11.4 Å². The molecule has 0 bridgehead atoms. The number of hydrogen-bond donors (Lipinski definition) is 1. The first kappa shape index (κ1) is 13.1. The van der Waals surface area contributed by atoms with Crippen molar-refractivity contribution in [3.05, 3.63) is 34.7 Å². The average Bonchev–Trinajstić information content (AvgIpc) is 2.94. The van der Waals surface area contributed by atoms with Crippen molar-refractivity contribution in [2.45, 2.75) is 33.4 Å². The Morgan fingerprint density at radius 1 is 1.56 bits per heavy atom. The van der Waals surface area contributed by atoms with Gasteiger partial charge in [0.2, 0.25) is 0 Å². The monoisotopic (exact) mass is 265 g/mol. The number of furan rings is 1. The average molecular weight is 265 g/mol. The summed E-state index contributed by atoms with van der Waals surface area (Å²) in [5.41, 5.74) is 6.97. The SMILES string of the molecule is CCN(Cc1ccco1)c1nc(C)c(C(C)N)s1. The fourth-order valence-corrected chi connectivity index (χ4v) is 2.94. The van der Waals surface area contributed by atoms with E-state index in [0.29, 0.717) is 0 Å². The van der Waals surface area contributed by atoms with Crippen LogP contribution in [0.4, 0.5) is 5.13 Å². The highest BCUT2D eigenvalue weighted by atomic mass is 32.1. The lowest BCUT2D eigenvalue weighted by Crippen LogP contribution is -2.21. The predicted molar refractivity (Wildman–Crippen MR) is 74.9 cm³/mol. The Hall–Kier alpha value is -1.33. The topological polar surface area (TPSA) is 55.3 Å². The first-order chi connectivity index (χ1) is 8.61. The molecule has 2 heterocycles. The van der Waals surface area contributed by atoms with Gasteiger partial charge in [-0.05, 0) is 32.9 Å². The Labute approximate surface area is 111 Å². The molecule has 0 saturated carbocycles. The summed E-state index contributed by atoms with van der Waals surface area (Å²) in [6.07, 6.45) is 1.70. The molecule has 2 N–H and O–H groups in total. The van der Waals surface area contributed by atoms with E-state index in [2.05, 4.69) is 16.8 Å². The Morgan fingerprint density at radius 2 is 2.33 bits per heavy atom. The summed E-state index contributed by atoms with van der Waals surface area (Å²) in [6, 6.07) is 3.93. The second kappa shape index (κ2) is 5.54. The fourth-order valence-electron chi connectivity index (χ4n) is 1.86. The maximum Gasteiger partial charge on any atom is 0.186 e. The van der Waals surface area contributed by atoms with Crippen LogP contribution in [0.1, 0.15) is 36.2 Å². The van der Waals surface area contributed by atoms with Crippen LogP contribution in [0.2, 0.25) is 0 Å². The molecular formula is C13H19N3OS. The number of thiazole rings is 1. The van der Waals surface area contributed by atoms with Crippen LogP contribution < -0.4 is 10.6 Å². The van der Waals surface area contributed by atoms with Gasteiger partial charge in [0.1, 0.15) is 5.76 Å². The van der Waals surface area contributed by atoms with E-state index in [4.69, 9.17) is 10.2 Å². The maximum absolute atomic E-state index is 5.94. The predicted octanol–water partition coefficient (Wildman–Crippen LogP) is 3.09. The third kappa shape index (κ3) is 2.73. The lowest BCUT2D eigenvalue weighted by atomic mass is 10.2. The molecule has 1 atom stereocenters. The number of anilines is 1. The van der Waals surface area contributed by atoms with Crippen LogP contribution in [-0.4, -0.2) is 11.5 Å². The molecule has 0 fully saturated rings. The number of nitrogens with two attached hydrogens (primary N) is 1. The summed E-state index contributed by atoms with van der Waals surface area (Å²) in [4.78, 5) is 7.96. The van der Waals surface area contributed by atoms with Gasteiger partial charge in [-0.1, -0.05) is 0 Å². The van der Waals surface area contributed by atoms with Crippen LogP contribution in [0.5, 0.6) is 0 Å². The van der Waals surface area contributed by atoms with Crippen LogP contribution >= 0.6 is 11.3 Å². The quantitative estimate of drug-likeness (QED) is 0.902. The molecule has 98 valence electrons. The number of aryl methyl sites for hydroxylation is 1. The zero-order chi connectivity index (χ0) is 13.1. The van der Waals surface area contributed by atoms with Crippen molar-refractivity contribution in [3.63, 3.8) is 0 Å². The number of nitrogens with zero attached hydrogens (tertiary/aromatic N) is 2. The minimum absolute atomic E-state index is 0.0403. The first-order valence-corrected chi connectivity index (χ1v) is 6.93. The minimum Gasteiger partial charge on any atom is -0.467 e. The molecule has 0 radical (unpaired) electrons. The molecule has 4 nitrogen and oxygen atoms in total. The van der Waals surface area contributed by atoms with E-state index in [-0.39, 0.29) is 6.04 Å². The van der Waals surface area contributed by atoms with Gasteiger partial charge in [-0.2, -0.15) is 0 Å². The normalized spacial score (nSPS) is 12.7. The standard InChI is InChI=1S/C13H19N3OS/c1-4-16(8-11-6-5-7-17-11)13-15-10(3)12(18-13)9(2)14/h5-7,9H,4,8,14H2,1-3H3. The van der Waals surface area contributed by atoms with Crippen molar-refractivity contribution in [3.8, 4) is 0 Å². The second-order valence-corrected chi connectivity index (χ2v) is 5.34. The van der Waals surface area contributed by atoms with Crippen molar-refractivity contribution in [1.29, 1.82) is 0 Å². The fraction of sp³-hybridized carbons (Fsp3) is 0.462. The van der Waals surface area contributed by atoms with Gasteiger partial charge in [0.25, 0.3) is 0 Å². The van der Waals surface area contributed by atoms with E-state index in [1.54, 1.807) is 17.6 Å². The van der Waals surface area contributed by atoms with Gasteiger partial charge in [-0.25, -0.2) is 4.98 Å². The molecule has 5 heteroatoms. The lowest BCUT2D eigenvalue weighted by molar-refractivity contribution is 0.503. The molecule has 2 aromatic rings. The van der Waals surface area contributed by atoms with Crippen LogP contribution in [0.3, 0.4) is 0 Å². The molecule has 2 aromatic heterocycles. The minimum atomic E-state index is 0.0403. The molecular weight excluding hydrogens is 246 g/mol.